The molecule has 0 spiro atoms. The highest BCUT2D eigenvalue weighted by Crippen LogP contribution is 2.11. The fraction of sp³-hybridized carbons (Fsp3) is 0.850. The first kappa shape index (κ1) is 21.2. The minimum absolute atomic E-state index is 0.328. The van der Waals surface area contributed by atoms with Crippen LogP contribution >= 0.6 is 0 Å². The van der Waals surface area contributed by atoms with Crippen LogP contribution in [0.3, 0.4) is 0 Å². The monoisotopic (exact) mass is 310 g/mol. The van der Waals surface area contributed by atoms with Crippen molar-refractivity contribution in [3.8, 4) is 0 Å². The van der Waals surface area contributed by atoms with Gasteiger partial charge in [0.15, 0.2) is 0 Å². The second kappa shape index (κ2) is 18.3. The summed E-state index contributed by atoms with van der Waals surface area (Å²) in [6.45, 7) is 2.27. The Morgan fingerprint density at radius 1 is 0.682 bits per heavy atom. The van der Waals surface area contributed by atoms with E-state index in [4.69, 9.17) is 5.11 Å². The summed E-state index contributed by atoms with van der Waals surface area (Å²) < 4.78 is 0. The first-order chi connectivity index (χ1) is 10.8. The third-order valence-electron chi connectivity index (χ3n) is 4.15. The van der Waals surface area contributed by atoms with Crippen LogP contribution < -0.4 is 0 Å². The van der Waals surface area contributed by atoms with Crippen molar-refractivity contribution in [2.45, 2.75) is 110 Å². The molecule has 2 nitrogen and oxygen atoms in total. The second-order valence-corrected chi connectivity index (χ2v) is 6.44. The molecule has 0 fully saturated rings. The van der Waals surface area contributed by atoms with Crippen LogP contribution in [0.15, 0.2) is 12.2 Å². The largest absolute Gasteiger partial charge is 0.481 e. The van der Waals surface area contributed by atoms with E-state index in [1.54, 1.807) is 0 Å². The van der Waals surface area contributed by atoms with E-state index in [0.717, 1.165) is 25.7 Å². The molecule has 0 aliphatic rings. The van der Waals surface area contributed by atoms with Gasteiger partial charge in [-0.25, -0.2) is 0 Å². The Morgan fingerprint density at radius 3 is 1.55 bits per heavy atom. The van der Waals surface area contributed by atoms with Crippen molar-refractivity contribution in [3.63, 3.8) is 0 Å². The van der Waals surface area contributed by atoms with Crippen molar-refractivity contribution in [3.05, 3.63) is 12.2 Å². The molecule has 0 radical (unpaired) electrons. The molecule has 0 aromatic heterocycles. The maximum Gasteiger partial charge on any atom is 0.303 e. The van der Waals surface area contributed by atoms with E-state index in [9.17, 15) is 4.79 Å². The Bertz CT molecular complexity index is 258. The highest BCUT2D eigenvalue weighted by atomic mass is 16.4. The number of allylic oxidation sites excluding steroid dienone is 2. The minimum Gasteiger partial charge on any atom is -0.481 e. The standard InChI is InChI=1S/C20H38O2/c1-2-3-4-5-6-7-8-9-10-11-12-13-14-15-16-17-18-19-20(21)22/h12-13H,2-11,14-19H2,1H3,(H,21,22)/b13-12+. The number of unbranched alkanes of at least 4 members (excludes halogenated alkanes) is 13. The molecular formula is C20H38O2. The van der Waals surface area contributed by atoms with E-state index in [1.807, 2.05) is 0 Å². The minimum atomic E-state index is -0.666. The lowest BCUT2D eigenvalue weighted by Gasteiger charge is -2.00. The zero-order chi connectivity index (χ0) is 16.3. The molecule has 0 saturated carbocycles. The number of aliphatic carboxylic acids is 1. The molecule has 0 saturated heterocycles. The van der Waals surface area contributed by atoms with Crippen LogP contribution in [0.2, 0.25) is 0 Å². The molecule has 0 heterocycles. The van der Waals surface area contributed by atoms with Gasteiger partial charge in [-0.05, 0) is 32.1 Å². The van der Waals surface area contributed by atoms with Gasteiger partial charge in [-0.1, -0.05) is 83.3 Å². The second-order valence-electron chi connectivity index (χ2n) is 6.44. The van der Waals surface area contributed by atoms with E-state index < -0.39 is 5.97 Å². The summed E-state index contributed by atoms with van der Waals surface area (Å²) in [6.07, 6.45) is 24.2. The first-order valence-electron chi connectivity index (χ1n) is 9.64. The number of carboxylic acids is 1. The molecule has 0 aliphatic heterocycles. The molecule has 22 heavy (non-hydrogen) atoms. The summed E-state index contributed by atoms with van der Waals surface area (Å²) in [5, 5.41) is 8.53. The van der Waals surface area contributed by atoms with Gasteiger partial charge in [-0.15, -0.1) is 0 Å². The Kier molecular flexibility index (Phi) is 17.6. The SMILES string of the molecule is CCCCCCCCCCC/C=C/CCCCCCC(=O)O. The van der Waals surface area contributed by atoms with Crippen LogP contribution in [-0.2, 0) is 4.79 Å². The third kappa shape index (κ3) is 19.2. The Labute approximate surface area is 138 Å². The van der Waals surface area contributed by atoms with Gasteiger partial charge in [-0.3, -0.25) is 4.79 Å². The van der Waals surface area contributed by atoms with Crippen molar-refractivity contribution >= 4 is 5.97 Å². The predicted octanol–water partition coefficient (Wildman–Crippen LogP) is 6.89. The van der Waals surface area contributed by atoms with Crippen LogP contribution in [0.5, 0.6) is 0 Å². The van der Waals surface area contributed by atoms with Crippen LogP contribution in [-0.4, -0.2) is 11.1 Å². The van der Waals surface area contributed by atoms with Crippen molar-refractivity contribution < 1.29 is 9.90 Å². The Balaban J connectivity index is 3.07. The van der Waals surface area contributed by atoms with Crippen LogP contribution in [0.4, 0.5) is 0 Å². The number of carboxylic acid groups (broad SMARTS) is 1. The molecule has 2 heteroatoms. The quantitative estimate of drug-likeness (QED) is 0.234. The molecule has 0 unspecified atom stereocenters. The zero-order valence-electron chi connectivity index (χ0n) is 14.8. The van der Waals surface area contributed by atoms with E-state index in [-0.39, 0.29) is 0 Å². The van der Waals surface area contributed by atoms with E-state index in [1.165, 1.54) is 70.6 Å². The number of carbonyl (C=O) groups is 1. The van der Waals surface area contributed by atoms with E-state index >= 15 is 0 Å². The molecule has 0 atom stereocenters. The van der Waals surface area contributed by atoms with Crippen molar-refractivity contribution in [2.75, 3.05) is 0 Å². The topological polar surface area (TPSA) is 37.3 Å². The summed E-state index contributed by atoms with van der Waals surface area (Å²) in [5.41, 5.74) is 0. The summed E-state index contributed by atoms with van der Waals surface area (Å²) in [7, 11) is 0. The van der Waals surface area contributed by atoms with Crippen molar-refractivity contribution in [1.82, 2.24) is 0 Å². The highest BCUT2D eigenvalue weighted by Gasteiger charge is 1.95. The number of rotatable bonds is 17. The number of hydrogen-bond donors (Lipinski definition) is 1. The average molecular weight is 311 g/mol. The van der Waals surface area contributed by atoms with Gasteiger partial charge in [0.25, 0.3) is 0 Å². The van der Waals surface area contributed by atoms with Crippen LogP contribution in [0.25, 0.3) is 0 Å². The highest BCUT2D eigenvalue weighted by molar-refractivity contribution is 5.66. The molecule has 0 aromatic carbocycles. The molecule has 1 N–H and O–H groups in total. The zero-order valence-corrected chi connectivity index (χ0v) is 14.8. The molecule has 0 bridgehead atoms. The van der Waals surface area contributed by atoms with Gasteiger partial charge >= 0.3 is 5.97 Å². The smallest absolute Gasteiger partial charge is 0.303 e. The van der Waals surface area contributed by atoms with E-state index in [2.05, 4.69) is 19.1 Å². The maximum atomic E-state index is 10.3. The molecule has 0 aliphatic carbocycles. The summed E-state index contributed by atoms with van der Waals surface area (Å²) in [5.74, 6) is -0.666. The van der Waals surface area contributed by atoms with Crippen molar-refractivity contribution in [2.24, 2.45) is 0 Å². The third-order valence-corrected chi connectivity index (χ3v) is 4.15. The number of hydrogen-bond acceptors (Lipinski definition) is 1. The maximum absolute atomic E-state index is 10.3. The lowest BCUT2D eigenvalue weighted by molar-refractivity contribution is -0.137. The fourth-order valence-electron chi connectivity index (χ4n) is 2.70. The van der Waals surface area contributed by atoms with Gasteiger partial charge in [0.05, 0.1) is 0 Å². The van der Waals surface area contributed by atoms with Gasteiger partial charge in [0, 0.05) is 6.42 Å². The van der Waals surface area contributed by atoms with Gasteiger partial charge in [-0.2, -0.15) is 0 Å². The Hall–Kier alpha value is -0.790. The average Bonchev–Trinajstić information content (AvgIpc) is 2.50. The lowest BCUT2D eigenvalue weighted by Crippen LogP contribution is -1.93. The fourth-order valence-corrected chi connectivity index (χ4v) is 2.70. The first-order valence-corrected chi connectivity index (χ1v) is 9.64. The summed E-state index contributed by atoms with van der Waals surface area (Å²) >= 11 is 0. The van der Waals surface area contributed by atoms with Gasteiger partial charge in [0.1, 0.15) is 0 Å². The van der Waals surface area contributed by atoms with E-state index in [0.29, 0.717) is 6.42 Å². The molecule has 0 aromatic rings. The van der Waals surface area contributed by atoms with Gasteiger partial charge < -0.3 is 5.11 Å². The van der Waals surface area contributed by atoms with Crippen LogP contribution in [0.1, 0.15) is 110 Å². The molecule has 0 rings (SSSR count). The summed E-state index contributed by atoms with van der Waals surface area (Å²) in [6, 6.07) is 0. The van der Waals surface area contributed by atoms with Gasteiger partial charge in [0.2, 0.25) is 0 Å². The normalized spacial score (nSPS) is 11.3. The predicted molar refractivity (Wildman–Crippen MR) is 96.3 cm³/mol. The molecule has 130 valence electrons. The molecular weight excluding hydrogens is 272 g/mol. The van der Waals surface area contributed by atoms with Crippen LogP contribution in [0, 0.1) is 0 Å². The summed E-state index contributed by atoms with van der Waals surface area (Å²) in [4.78, 5) is 10.3. The Morgan fingerprint density at radius 2 is 1.09 bits per heavy atom. The molecule has 0 amide bonds. The lowest BCUT2D eigenvalue weighted by atomic mass is 10.1. The van der Waals surface area contributed by atoms with Crippen molar-refractivity contribution in [1.29, 1.82) is 0 Å².